The largest absolute Gasteiger partial charge is 0.493 e. The van der Waals surface area contributed by atoms with E-state index in [4.69, 9.17) is 14.0 Å². The van der Waals surface area contributed by atoms with E-state index in [0.717, 1.165) is 11.3 Å². The Kier molecular flexibility index (Phi) is 5.44. The van der Waals surface area contributed by atoms with Gasteiger partial charge < -0.3 is 18.9 Å². The summed E-state index contributed by atoms with van der Waals surface area (Å²) in [5, 5.41) is 4.13. The Morgan fingerprint density at radius 1 is 1.07 bits per heavy atom. The van der Waals surface area contributed by atoms with Crippen LogP contribution >= 0.6 is 0 Å². The van der Waals surface area contributed by atoms with Gasteiger partial charge in [-0.05, 0) is 23.6 Å². The van der Waals surface area contributed by atoms with Crippen LogP contribution < -0.4 is 14.4 Å². The van der Waals surface area contributed by atoms with E-state index in [1.165, 1.54) is 5.56 Å². The van der Waals surface area contributed by atoms with Crippen LogP contribution in [0.25, 0.3) is 11.4 Å². The Hall–Kier alpha value is -3.35. The van der Waals surface area contributed by atoms with E-state index in [1.54, 1.807) is 31.3 Å². The first-order chi connectivity index (χ1) is 14.5. The smallest absolute Gasteiger partial charge is 0.232 e. The molecule has 1 saturated heterocycles. The van der Waals surface area contributed by atoms with Crippen molar-refractivity contribution in [3.63, 3.8) is 0 Å². The van der Waals surface area contributed by atoms with Crippen molar-refractivity contribution in [2.45, 2.75) is 32.1 Å². The quantitative estimate of drug-likeness (QED) is 0.603. The summed E-state index contributed by atoms with van der Waals surface area (Å²) in [6.07, 6.45) is 0.322. The van der Waals surface area contributed by atoms with Gasteiger partial charge in [-0.2, -0.15) is 4.98 Å². The molecule has 0 spiro atoms. The minimum atomic E-state index is -0.151. The van der Waals surface area contributed by atoms with Gasteiger partial charge in [-0.25, -0.2) is 0 Å². The van der Waals surface area contributed by atoms with Gasteiger partial charge in [-0.15, -0.1) is 0 Å². The monoisotopic (exact) mass is 407 g/mol. The summed E-state index contributed by atoms with van der Waals surface area (Å²) in [5.74, 6) is 2.54. The van der Waals surface area contributed by atoms with Crippen LogP contribution in [0, 0.1) is 0 Å². The highest BCUT2D eigenvalue weighted by molar-refractivity contribution is 5.96. The Morgan fingerprint density at radius 2 is 1.80 bits per heavy atom. The summed E-state index contributed by atoms with van der Waals surface area (Å²) in [7, 11) is 3.15. The number of methoxy groups -OCH3 is 2. The number of carbonyl (C=O) groups excluding carboxylic acids is 1. The second kappa shape index (κ2) is 8.18. The topological polar surface area (TPSA) is 77.7 Å². The molecule has 7 nitrogen and oxygen atoms in total. The molecule has 7 heteroatoms. The molecule has 2 aromatic carbocycles. The predicted octanol–water partition coefficient (Wildman–Crippen LogP) is 4.40. The van der Waals surface area contributed by atoms with E-state index in [-0.39, 0.29) is 11.8 Å². The molecule has 0 radical (unpaired) electrons. The summed E-state index contributed by atoms with van der Waals surface area (Å²) in [6, 6.07) is 13.6. The lowest BCUT2D eigenvalue weighted by atomic mass is 10.0. The standard InChI is InChI=1S/C23H25N3O4/c1-14(2)15-5-7-16(8-6-15)22-24-23(30-25-22)17-11-21(27)26(13-17)18-9-10-19(28-3)20(12-18)29-4/h5-10,12,14,17H,11,13H2,1-4H3. The van der Waals surface area contributed by atoms with Crippen molar-refractivity contribution in [1.82, 2.24) is 10.1 Å². The molecule has 3 aromatic rings. The normalized spacial score (nSPS) is 16.4. The van der Waals surface area contributed by atoms with Gasteiger partial charge in [-0.3, -0.25) is 4.79 Å². The second-order valence-corrected chi connectivity index (χ2v) is 7.68. The summed E-state index contributed by atoms with van der Waals surface area (Å²) >= 11 is 0. The Balaban J connectivity index is 1.52. The number of benzene rings is 2. The molecule has 1 fully saturated rings. The number of carbonyl (C=O) groups is 1. The maximum Gasteiger partial charge on any atom is 0.232 e. The van der Waals surface area contributed by atoms with Crippen LogP contribution in [0.2, 0.25) is 0 Å². The molecule has 2 heterocycles. The average Bonchev–Trinajstić information content (AvgIpc) is 3.40. The highest BCUT2D eigenvalue weighted by atomic mass is 16.5. The van der Waals surface area contributed by atoms with Crippen LogP contribution in [0.4, 0.5) is 5.69 Å². The first-order valence-corrected chi connectivity index (χ1v) is 9.96. The minimum Gasteiger partial charge on any atom is -0.493 e. The molecular formula is C23H25N3O4. The van der Waals surface area contributed by atoms with Crippen molar-refractivity contribution < 1.29 is 18.8 Å². The van der Waals surface area contributed by atoms with Gasteiger partial charge in [0, 0.05) is 30.3 Å². The highest BCUT2D eigenvalue weighted by Gasteiger charge is 2.35. The molecule has 4 rings (SSSR count). The van der Waals surface area contributed by atoms with Gasteiger partial charge >= 0.3 is 0 Å². The van der Waals surface area contributed by atoms with E-state index >= 15 is 0 Å². The van der Waals surface area contributed by atoms with E-state index in [1.807, 2.05) is 18.2 Å². The number of hydrogen-bond donors (Lipinski definition) is 0. The van der Waals surface area contributed by atoms with E-state index in [2.05, 4.69) is 36.1 Å². The van der Waals surface area contributed by atoms with Gasteiger partial charge in [0.05, 0.1) is 20.1 Å². The second-order valence-electron chi connectivity index (χ2n) is 7.68. The number of hydrogen-bond acceptors (Lipinski definition) is 6. The van der Waals surface area contributed by atoms with E-state index in [0.29, 0.717) is 42.1 Å². The number of aromatic nitrogens is 2. The molecule has 1 aliphatic heterocycles. The molecule has 0 saturated carbocycles. The molecule has 0 bridgehead atoms. The average molecular weight is 407 g/mol. The molecule has 1 aromatic heterocycles. The summed E-state index contributed by atoms with van der Waals surface area (Å²) in [6.45, 7) is 4.79. The fourth-order valence-corrected chi connectivity index (χ4v) is 3.65. The number of ether oxygens (including phenoxy) is 2. The van der Waals surface area contributed by atoms with Crippen LogP contribution in [0.3, 0.4) is 0 Å². The predicted molar refractivity (Wildman–Crippen MR) is 113 cm³/mol. The van der Waals surface area contributed by atoms with E-state index < -0.39 is 0 Å². The maximum atomic E-state index is 12.7. The molecule has 1 atom stereocenters. The number of rotatable bonds is 6. The number of anilines is 1. The van der Waals surface area contributed by atoms with Gasteiger partial charge in [0.15, 0.2) is 11.5 Å². The zero-order chi connectivity index (χ0) is 21.3. The van der Waals surface area contributed by atoms with Crippen molar-refractivity contribution in [3.8, 4) is 22.9 Å². The fourth-order valence-electron chi connectivity index (χ4n) is 3.65. The van der Waals surface area contributed by atoms with Crippen molar-refractivity contribution in [2.75, 3.05) is 25.7 Å². The first kappa shape index (κ1) is 19.9. The third-order valence-corrected chi connectivity index (χ3v) is 5.43. The van der Waals surface area contributed by atoms with Crippen molar-refractivity contribution in [3.05, 3.63) is 53.9 Å². The molecule has 1 amide bonds. The lowest BCUT2D eigenvalue weighted by Gasteiger charge is -2.18. The zero-order valence-corrected chi connectivity index (χ0v) is 17.6. The van der Waals surface area contributed by atoms with Crippen LogP contribution in [0.5, 0.6) is 11.5 Å². The maximum absolute atomic E-state index is 12.7. The summed E-state index contributed by atoms with van der Waals surface area (Å²) in [5.41, 5.74) is 2.91. The van der Waals surface area contributed by atoms with Gasteiger partial charge in [0.25, 0.3) is 0 Å². The van der Waals surface area contributed by atoms with Gasteiger partial charge in [0.1, 0.15) is 0 Å². The van der Waals surface area contributed by atoms with Crippen molar-refractivity contribution >= 4 is 11.6 Å². The van der Waals surface area contributed by atoms with Crippen LogP contribution in [-0.2, 0) is 4.79 Å². The minimum absolute atomic E-state index is 0.00764. The van der Waals surface area contributed by atoms with Crippen LogP contribution in [-0.4, -0.2) is 36.8 Å². The molecule has 156 valence electrons. The molecule has 30 heavy (non-hydrogen) atoms. The van der Waals surface area contributed by atoms with E-state index in [9.17, 15) is 4.79 Å². The highest BCUT2D eigenvalue weighted by Crippen LogP contribution is 2.36. The number of amides is 1. The van der Waals surface area contributed by atoms with Crippen molar-refractivity contribution in [1.29, 1.82) is 0 Å². The summed E-state index contributed by atoms with van der Waals surface area (Å²) < 4.78 is 16.1. The first-order valence-electron chi connectivity index (χ1n) is 9.96. The Labute approximate surface area is 175 Å². The van der Waals surface area contributed by atoms with Crippen LogP contribution in [0.1, 0.15) is 43.6 Å². The molecule has 1 aliphatic rings. The Morgan fingerprint density at radius 3 is 2.47 bits per heavy atom. The molecule has 0 aliphatic carbocycles. The molecule has 0 N–H and O–H groups in total. The van der Waals surface area contributed by atoms with Gasteiger partial charge in [0.2, 0.25) is 17.6 Å². The lowest BCUT2D eigenvalue weighted by molar-refractivity contribution is -0.117. The SMILES string of the molecule is COc1ccc(N2CC(c3nc(-c4ccc(C(C)C)cc4)no3)CC2=O)cc1OC. The Bertz CT molecular complexity index is 1040. The number of nitrogens with zero attached hydrogens (tertiary/aromatic N) is 3. The summed E-state index contributed by atoms with van der Waals surface area (Å²) in [4.78, 5) is 18.9. The zero-order valence-electron chi connectivity index (χ0n) is 17.6. The van der Waals surface area contributed by atoms with Crippen molar-refractivity contribution in [2.24, 2.45) is 0 Å². The fraction of sp³-hybridized carbons (Fsp3) is 0.348. The third-order valence-electron chi connectivity index (χ3n) is 5.43. The molecule has 1 unspecified atom stereocenters. The van der Waals surface area contributed by atoms with Gasteiger partial charge in [-0.1, -0.05) is 43.3 Å². The molecular weight excluding hydrogens is 382 g/mol. The third kappa shape index (κ3) is 3.75. The lowest BCUT2D eigenvalue weighted by Crippen LogP contribution is -2.24. The van der Waals surface area contributed by atoms with Crippen LogP contribution in [0.15, 0.2) is 47.0 Å².